The molecule has 0 spiro atoms. The minimum Gasteiger partial charge on any atom is -0.243 e. The molecule has 0 N–H and O–H groups in total. The minimum atomic E-state index is -3.45. The molecule has 1 saturated heterocycles. The molecule has 2 heterocycles. The van der Waals surface area contributed by atoms with E-state index < -0.39 is 10.0 Å². The topological polar surface area (TPSA) is 50.3 Å². The summed E-state index contributed by atoms with van der Waals surface area (Å²) in [7, 11) is -3.45. The summed E-state index contributed by atoms with van der Waals surface area (Å²) < 4.78 is 25.9. The van der Waals surface area contributed by atoms with Crippen LogP contribution in [-0.4, -0.2) is 30.8 Å². The Morgan fingerprint density at radius 2 is 1.94 bits per heavy atom. The van der Waals surface area contributed by atoms with Crippen LogP contribution in [0.15, 0.2) is 23.2 Å². The van der Waals surface area contributed by atoms with Crippen LogP contribution < -0.4 is 0 Å². The lowest BCUT2D eigenvalue weighted by Crippen LogP contribution is -2.35. The molecule has 1 fully saturated rings. The summed E-state index contributed by atoms with van der Waals surface area (Å²) in [5, 5.41) is 0.0491. The van der Waals surface area contributed by atoms with E-state index in [1.807, 2.05) is 0 Å². The van der Waals surface area contributed by atoms with E-state index in [9.17, 15) is 8.42 Å². The predicted octanol–water partition coefficient (Wildman–Crippen LogP) is 1.91. The smallest absolute Gasteiger partial charge is 0.243 e. The number of piperidine rings is 1. The Kier molecular flexibility index (Phi) is 3.47. The summed E-state index contributed by atoms with van der Waals surface area (Å²) in [5.41, 5.74) is 0. The molecule has 2 rings (SSSR count). The first-order valence-corrected chi connectivity index (χ1v) is 7.05. The van der Waals surface area contributed by atoms with Crippen molar-refractivity contribution in [2.24, 2.45) is 0 Å². The third-order valence-electron chi connectivity index (χ3n) is 2.66. The van der Waals surface area contributed by atoms with Gasteiger partial charge in [-0.2, -0.15) is 4.31 Å². The van der Waals surface area contributed by atoms with Gasteiger partial charge in [-0.15, -0.1) is 0 Å². The van der Waals surface area contributed by atoms with E-state index in [0.29, 0.717) is 13.1 Å². The summed E-state index contributed by atoms with van der Waals surface area (Å²) in [6.07, 6.45) is 4.40. The van der Waals surface area contributed by atoms with E-state index in [4.69, 9.17) is 11.6 Å². The molecular formula is C10H13ClN2O2S. The highest BCUT2D eigenvalue weighted by atomic mass is 35.5. The highest BCUT2D eigenvalue weighted by Crippen LogP contribution is 2.24. The van der Waals surface area contributed by atoms with E-state index in [1.165, 1.54) is 16.6 Å². The molecule has 0 amide bonds. The van der Waals surface area contributed by atoms with Gasteiger partial charge in [0.25, 0.3) is 0 Å². The van der Waals surface area contributed by atoms with Gasteiger partial charge in [0.05, 0.1) is 0 Å². The molecule has 88 valence electrons. The standard InChI is InChI=1S/C10H13ClN2O2S/c11-10-9(5-4-6-12-10)16(14,15)13-7-2-1-3-8-13/h4-6H,1-3,7-8H2. The van der Waals surface area contributed by atoms with Crippen molar-refractivity contribution in [2.45, 2.75) is 24.2 Å². The fourth-order valence-electron chi connectivity index (χ4n) is 1.81. The van der Waals surface area contributed by atoms with Gasteiger partial charge in [0, 0.05) is 19.3 Å². The third kappa shape index (κ3) is 2.21. The fourth-order valence-corrected chi connectivity index (χ4v) is 3.75. The number of nitrogens with zero attached hydrogens (tertiary/aromatic N) is 2. The average molecular weight is 261 g/mol. The zero-order valence-electron chi connectivity index (χ0n) is 8.76. The van der Waals surface area contributed by atoms with Crippen molar-refractivity contribution in [1.29, 1.82) is 0 Å². The molecule has 0 saturated carbocycles. The molecule has 1 aromatic rings. The summed E-state index contributed by atoms with van der Waals surface area (Å²) in [4.78, 5) is 3.91. The highest BCUT2D eigenvalue weighted by Gasteiger charge is 2.27. The van der Waals surface area contributed by atoms with E-state index in [1.54, 1.807) is 6.07 Å². The molecule has 16 heavy (non-hydrogen) atoms. The minimum absolute atomic E-state index is 0.0491. The Hall–Kier alpha value is -0.650. The molecule has 0 aliphatic carbocycles. The third-order valence-corrected chi connectivity index (χ3v) is 5.00. The first kappa shape index (κ1) is 11.8. The van der Waals surface area contributed by atoms with E-state index in [2.05, 4.69) is 4.98 Å². The summed E-state index contributed by atoms with van der Waals surface area (Å²) in [6.45, 7) is 1.15. The Balaban J connectivity index is 2.35. The largest absolute Gasteiger partial charge is 0.246 e. The van der Waals surface area contributed by atoms with Crippen LogP contribution >= 0.6 is 11.6 Å². The van der Waals surface area contributed by atoms with Crippen LogP contribution in [0.3, 0.4) is 0 Å². The summed E-state index contributed by atoms with van der Waals surface area (Å²) in [6, 6.07) is 3.09. The molecule has 0 aromatic carbocycles. The van der Waals surface area contributed by atoms with Crippen molar-refractivity contribution in [3.05, 3.63) is 23.5 Å². The molecule has 0 bridgehead atoms. The first-order valence-electron chi connectivity index (χ1n) is 5.23. The van der Waals surface area contributed by atoms with E-state index >= 15 is 0 Å². The number of pyridine rings is 1. The molecule has 0 unspecified atom stereocenters. The molecule has 1 aromatic heterocycles. The normalized spacial score (nSPS) is 18.6. The van der Waals surface area contributed by atoms with Gasteiger partial charge in [-0.05, 0) is 25.0 Å². The zero-order chi connectivity index (χ0) is 11.6. The number of hydrogen-bond acceptors (Lipinski definition) is 3. The summed E-state index contributed by atoms with van der Waals surface area (Å²) in [5.74, 6) is 0. The van der Waals surface area contributed by atoms with Gasteiger partial charge in [0.15, 0.2) is 0 Å². The fraction of sp³-hybridized carbons (Fsp3) is 0.500. The second-order valence-corrected chi connectivity index (χ2v) is 6.02. The van der Waals surface area contributed by atoms with Crippen molar-refractivity contribution in [2.75, 3.05) is 13.1 Å². The number of aromatic nitrogens is 1. The van der Waals surface area contributed by atoms with Crippen LogP contribution in [0.5, 0.6) is 0 Å². The Bertz CT molecular complexity index is 469. The molecule has 4 nitrogen and oxygen atoms in total. The van der Waals surface area contributed by atoms with Gasteiger partial charge in [-0.3, -0.25) is 0 Å². The molecule has 0 radical (unpaired) electrons. The van der Waals surface area contributed by atoms with Crippen molar-refractivity contribution in [3.8, 4) is 0 Å². The zero-order valence-corrected chi connectivity index (χ0v) is 10.3. The van der Waals surface area contributed by atoms with E-state index in [0.717, 1.165) is 19.3 Å². The predicted molar refractivity (Wildman–Crippen MR) is 61.9 cm³/mol. The Morgan fingerprint density at radius 1 is 1.25 bits per heavy atom. The van der Waals surface area contributed by atoms with Crippen molar-refractivity contribution >= 4 is 21.6 Å². The van der Waals surface area contributed by atoms with Gasteiger partial charge >= 0.3 is 0 Å². The van der Waals surface area contributed by atoms with Gasteiger partial charge in [-0.1, -0.05) is 18.0 Å². The maximum Gasteiger partial charge on any atom is 0.246 e. The van der Waals surface area contributed by atoms with Crippen LogP contribution in [0.25, 0.3) is 0 Å². The Morgan fingerprint density at radius 3 is 2.56 bits per heavy atom. The number of sulfonamides is 1. The van der Waals surface area contributed by atoms with Gasteiger partial charge in [-0.25, -0.2) is 13.4 Å². The second-order valence-electron chi connectivity index (χ2n) is 3.76. The number of rotatable bonds is 2. The number of halogens is 1. The van der Waals surface area contributed by atoms with Gasteiger partial charge in [0.2, 0.25) is 10.0 Å². The van der Waals surface area contributed by atoms with Crippen molar-refractivity contribution in [1.82, 2.24) is 9.29 Å². The lowest BCUT2D eigenvalue weighted by molar-refractivity contribution is 0.346. The maximum absolute atomic E-state index is 12.2. The quantitative estimate of drug-likeness (QED) is 0.764. The summed E-state index contributed by atoms with van der Waals surface area (Å²) >= 11 is 5.81. The van der Waals surface area contributed by atoms with Crippen LogP contribution in [-0.2, 0) is 10.0 Å². The lowest BCUT2D eigenvalue weighted by atomic mass is 10.2. The molecule has 1 aliphatic rings. The molecule has 1 aliphatic heterocycles. The van der Waals surface area contributed by atoms with Crippen LogP contribution in [0.4, 0.5) is 0 Å². The van der Waals surface area contributed by atoms with Crippen molar-refractivity contribution in [3.63, 3.8) is 0 Å². The molecule has 6 heteroatoms. The van der Waals surface area contributed by atoms with Gasteiger partial charge < -0.3 is 0 Å². The molecular weight excluding hydrogens is 248 g/mol. The lowest BCUT2D eigenvalue weighted by Gasteiger charge is -2.25. The van der Waals surface area contributed by atoms with Crippen LogP contribution in [0, 0.1) is 0 Å². The average Bonchev–Trinajstić information content (AvgIpc) is 2.30. The molecule has 0 atom stereocenters. The second kappa shape index (κ2) is 4.69. The van der Waals surface area contributed by atoms with Gasteiger partial charge in [0.1, 0.15) is 10.0 Å². The van der Waals surface area contributed by atoms with Crippen LogP contribution in [0.1, 0.15) is 19.3 Å². The number of hydrogen-bond donors (Lipinski definition) is 0. The van der Waals surface area contributed by atoms with Crippen LogP contribution in [0.2, 0.25) is 5.15 Å². The highest BCUT2D eigenvalue weighted by molar-refractivity contribution is 7.89. The SMILES string of the molecule is O=S(=O)(c1cccnc1Cl)N1CCCCC1. The van der Waals surface area contributed by atoms with Crippen molar-refractivity contribution < 1.29 is 8.42 Å². The monoisotopic (exact) mass is 260 g/mol. The maximum atomic E-state index is 12.2. The van der Waals surface area contributed by atoms with E-state index in [-0.39, 0.29) is 10.0 Å². The first-order chi connectivity index (χ1) is 7.62. The Labute approximate surface area is 100 Å².